The Bertz CT molecular complexity index is 863. The molecule has 0 amide bonds. The summed E-state index contributed by atoms with van der Waals surface area (Å²) in [5.41, 5.74) is 8.84. The maximum atomic E-state index is 9.02. The summed E-state index contributed by atoms with van der Waals surface area (Å²) in [4.78, 5) is 4.30. The average molecular weight is 348 g/mol. The minimum absolute atomic E-state index is 0.345. The van der Waals surface area contributed by atoms with E-state index in [-0.39, 0.29) is 0 Å². The van der Waals surface area contributed by atoms with Crippen molar-refractivity contribution in [3.8, 4) is 11.8 Å². The molecule has 3 aromatic rings. The first-order valence-corrected chi connectivity index (χ1v) is 6.91. The number of hydrogen-bond donors (Lipinski definition) is 1. The summed E-state index contributed by atoms with van der Waals surface area (Å²) in [6, 6.07) is 12.9. The Kier molecular flexibility index (Phi) is 3.13. The maximum Gasteiger partial charge on any atom is 0.205 e. The number of rotatable bonds is 1. The van der Waals surface area contributed by atoms with Crippen LogP contribution in [-0.4, -0.2) is 9.55 Å². The lowest BCUT2D eigenvalue weighted by Gasteiger charge is -2.10. The van der Waals surface area contributed by atoms with Gasteiger partial charge in [0.2, 0.25) is 5.95 Å². The van der Waals surface area contributed by atoms with Gasteiger partial charge in [0.15, 0.2) is 0 Å². The lowest BCUT2D eigenvalue weighted by Crippen LogP contribution is -2.01. The zero-order valence-corrected chi connectivity index (χ0v) is 12.5. The molecule has 2 aromatic carbocycles. The van der Waals surface area contributed by atoms with E-state index in [1.807, 2.05) is 12.1 Å². The number of nitrogen functional groups attached to an aromatic ring is 1. The van der Waals surface area contributed by atoms with Crippen LogP contribution in [0.2, 0.25) is 5.02 Å². The van der Waals surface area contributed by atoms with E-state index in [1.165, 1.54) is 0 Å². The second-order valence-electron chi connectivity index (χ2n) is 4.19. The Morgan fingerprint density at radius 3 is 2.85 bits per heavy atom. The average Bonchev–Trinajstić information content (AvgIpc) is 2.77. The molecule has 0 saturated heterocycles. The second kappa shape index (κ2) is 4.82. The molecule has 6 heteroatoms. The van der Waals surface area contributed by atoms with Crippen molar-refractivity contribution in [1.29, 1.82) is 5.26 Å². The van der Waals surface area contributed by atoms with Gasteiger partial charge in [-0.15, -0.1) is 0 Å². The van der Waals surface area contributed by atoms with Gasteiger partial charge in [0.25, 0.3) is 0 Å². The SMILES string of the molecule is N#Cc1ccc2nc(N)n(-c3cccc(Cl)c3Br)c2c1. The van der Waals surface area contributed by atoms with Crippen LogP contribution < -0.4 is 5.73 Å². The molecule has 0 fully saturated rings. The number of halogens is 2. The zero-order chi connectivity index (χ0) is 14.3. The van der Waals surface area contributed by atoms with Gasteiger partial charge in [-0.3, -0.25) is 4.57 Å². The first kappa shape index (κ1) is 13.0. The summed E-state index contributed by atoms with van der Waals surface area (Å²) in [5, 5.41) is 9.61. The quantitative estimate of drug-likeness (QED) is 0.726. The number of hydrogen-bond acceptors (Lipinski definition) is 3. The highest BCUT2D eigenvalue weighted by Crippen LogP contribution is 2.33. The van der Waals surface area contributed by atoms with Crippen molar-refractivity contribution in [2.75, 3.05) is 5.73 Å². The van der Waals surface area contributed by atoms with Crippen molar-refractivity contribution in [2.45, 2.75) is 0 Å². The Morgan fingerprint density at radius 2 is 2.10 bits per heavy atom. The molecule has 0 saturated carbocycles. The molecule has 0 aliphatic carbocycles. The molecule has 20 heavy (non-hydrogen) atoms. The van der Waals surface area contributed by atoms with E-state index in [2.05, 4.69) is 27.0 Å². The number of benzene rings is 2. The number of imidazole rings is 1. The fourth-order valence-electron chi connectivity index (χ4n) is 2.08. The van der Waals surface area contributed by atoms with Crippen molar-refractivity contribution in [3.63, 3.8) is 0 Å². The lowest BCUT2D eigenvalue weighted by atomic mass is 10.2. The molecule has 1 aromatic heterocycles. The summed E-state index contributed by atoms with van der Waals surface area (Å²) >= 11 is 9.58. The smallest absolute Gasteiger partial charge is 0.205 e. The highest BCUT2D eigenvalue weighted by atomic mass is 79.9. The number of nitrogens with two attached hydrogens (primary N) is 1. The van der Waals surface area contributed by atoms with Crippen molar-refractivity contribution in [3.05, 3.63) is 51.5 Å². The summed E-state index contributed by atoms with van der Waals surface area (Å²) in [6.45, 7) is 0. The maximum absolute atomic E-state index is 9.02. The number of fused-ring (bicyclic) bond motifs is 1. The summed E-state index contributed by atoms with van der Waals surface area (Å²) < 4.78 is 2.50. The number of nitriles is 1. The third kappa shape index (κ3) is 1.94. The molecule has 0 bridgehead atoms. The van der Waals surface area contributed by atoms with Crippen LogP contribution >= 0.6 is 27.5 Å². The second-order valence-corrected chi connectivity index (χ2v) is 5.39. The van der Waals surface area contributed by atoms with Gasteiger partial charge >= 0.3 is 0 Å². The highest BCUT2D eigenvalue weighted by molar-refractivity contribution is 9.10. The Morgan fingerprint density at radius 1 is 1.30 bits per heavy atom. The van der Waals surface area contributed by atoms with E-state index in [1.54, 1.807) is 28.8 Å². The van der Waals surface area contributed by atoms with Crippen molar-refractivity contribution >= 4 is 44.5 Å². The number of nitrogens with zero attached hydrogens (tertiary/aromatic N) is 3. The minimum Gasteiger partial charge on any atom is -0.369 e. The Labute approximate surface area is 128 Å². The fraction of sp³-hybridized carbons (Fsp3) is 0. The molecule has 4 nitrogen and oxygen atoms in total. The predicted molar refractivity (Wildman–Crippen MR) is 82.9 cm³/mol. The molecule has 0 radical (unpaired) electrons. The van der Waals surface area contributed by atoms with Gasteiger partial charge in [0.05, 0.1) is 37.8 Å². The number of anilines is 1. The van der Waals surface area contributed by atoms with Gasteiger partial charge in [0.1, 0.15) is 0 Å². The molecule has 0 aliphatic heterocycles. The first-order valence-electron chi connectivity index (χ1n) is 5.74. The van der Waals surface area contributed by atoms with Gasteiger partial charge in [-0.25, -0.2) is 4.98 Å². The van der Waals surface area contributed by atoms with E-state index in [9.17, 15) is 0 Å². The molecule has 0 unspecified atom stereocenters. The largest absolute Gasteiger partial charge is 0.369 e. The molecule has 98 valence electrons. The molecule has 3 rings (SSSR count). The fourth-order valence-corrected chi connectivity index (χ4v) is 2.69. The minimum atomic E-state index is 0.345. The third-order valence-corrected chi connectivity index (χ3v) is 4.36. The summed E-state index contributed by atoms with van der Waals surface area (Å²) in [6.07, 6.45) is 0. The first-order chi connectivity index (χ1) is 9.61. The molecule has 0 atom stereocenters. The molecule has 0 aliphatic rings. The van der Waals surface area contributed by atoms with Gasteiger partial charge in [-0.1, -0.05) is 17.7 Å². The van der Waals surface area contributed by atoms with Crippen LogP contribution in [0.5, 0.6) is 0 Å². The zero-order valence-electron chi connectivity index (χ0n) is 10.1. The number of aromatic nitrogens is 2. The van der Waals surface area contributed by atoms with E-state index in [0.29, 0.717) is 16.5 Å². The van der Waals surface area contributed by atoms with Gasteiger partial charge < -0.3 is 5.73 Å². The van der Waals surface area contributed by atoms with Crippen LogP contribution in [0.4, 0.5) is 5.95 Å². The monoisotopic (exact) mass is 346 g/mol. The van der Waals surface area contributed by atoms with Gasteiger partial charge in [0, 0.05) is 0 Å². The van der Waals surface area contributed by atoms with Crippen LogP contribution in [0, 0.1) is 11.3 Å². The standard InChI is InChI=1S/C14H8BrClN4/c15-13-9(16)2-1-3-11(13)20-12-6-8(7-17)4-5-10(12)19-14(20)18/h1-6H,(H2,18,19). The molecule has 1 heterocycles. The normalized spacial score (nSPS) is 10.7. The predicted octanol–water partition coefficient (Wildman–Crippen LogP) is 3.90. The Hall–Kier alpha value is -2.03. The highest BCUT2D eigenvalue weighted by Gasteiger charge is 2.14. The van der Waals surface area contributed by atoms with Crippen molar-refractivity contribution < 1.29 is 0 Å². The van der Waals surface area contributed by atoms with Crippen molar-refractivity contribution in [1.82, 2.24) is 9.55 Å². The van der Waals surface area contributed by atoms with Crippen LogP contribution in [-0.2, 0) is 0 Å². The molecular formula is C14H8BrClN4. The topological polar surface area (TPSA) is 67.6 Å². The molecular weight excluding hydrogens is 340 g/mol. The van der Waals surface area contributed by atoms with E-state index in [0.717, 1.165) is 21.2 Å². The molecule has 2 N–H and O–H groups in total. The van der Waals surface area contributed by atoms with E-state index in [4.69, 9.17) is 22.6 Å². The van der Waals surface area contributed by atoms with Crippen LogP contribution in [0.25, 0.3) is 16.7 Å². The summed E-state index contributed by atoms with van der Waals surface area (Å²) in [7, 11) is 0. The summed E-state index contributed by atoms with van der Waals surface area (Å²) in [5.74, 6) is 0.345. The van der Waals surface area contributed by atoms with Gasteiger partial charge in [-0.05, 0) is 46.3 Å². The van der Waals surface area contributed by atoms with E-state index >= 15 is 0 Å². The van der Waals surface area contributed by atoms with Crippen LogP contribution in [0.15, 0.2) is 40.9 Å². The van der Waals surface area contributed by atoms with Crippen molar-refractivity contribution in [2.24, 2.45) is 0 Å². The van der Waals surface area contributed by atoms with E-state index < -0.39 is 0 Å². The Balaban J connectivity index is 2.38. The van der Waals surface area contributed by atoms with Gasteiger partial charge in [-0.2, -0.15) is 5.26 Å². The third-order valence-electron chi connectivity index (χ3n) is 2.98. The lowest BCUT2D eigenvalue weighted by molar-refractivity contribution is 1.10. The molecule has 0 spiro atoms. The van der Waals surface area contributed by atoms with Crippen LogP contribution in [0.1, 0.15) is 5.56 Å². The van der Waals surface area contributed by atoms with Crippen LogP contribution in [0.3, 0.4) is 0 Å².